The summed E-state index contributed by atoms with van der Waals surface area (Å²) in [5.74, 6) is -0.0712. The molecule has 0 heterocycles. The van der Waals surface area contributed by atoms with Gasteiger partial charge in [0.05, 0.1) is 0 Å². The number of hydrogen-bond acceptors (Lipinski definition) is 1. The molecule has 0 unspecified atom stereocenters. The lowest BCUT2D eigenvalue weighted by Gasteiger charge is -2.02. The smallest absolute Gasteiger partial charge is 0.250 e. The van der Waals surface area contributed by atoms with Crippen molar-refractivity contribution in [2.24, 2.45) is 0 Å². The van der Waals surface area contributed by atoms with E-state index in [-0.39, 0.29) is 5.91 Å². The van der Waals surface area contributed by atoms with Gasteiger partial charge in [-0.2, -0.15) is 0 Å². The van der Waals surface area contributed by atoms with Crippen LogP contribution in [0.3, 0.4) is 0 Å². The Morgan fingerprint density at radius 1 is 1.50 bits per heavy atom. The Balaban J connectivity index is 3.95. The van der Waals surface area contributed by atoms with Crippen molar-refractivity contribution in [1.29, 1.82) is 0 Å². The first-order valence-electron chi connectivity index (χ1n) is 4.20. The zero-order chi connectivity index (χ0) is 9.56. The summed E-state index contributed by atoms with van der Waals surface area (Å²) < 4.78 is 0. The van der Waals surface area contributed by atoms with E-state index in [0.29, 0.717) is 12.1 Å². The standard InChI is InChI=1S/C10H17NO/c1-5-6-11-10(12)9(4)7-8(2)3/h7H,4-6H2,1-3H3,(H,11,12). The summed E-state index contributed by atoms with van der Waals surface area (Å²) in [6.07, 6.45) is 2.73. The summed E-state index contributed by atoms with van der Waals surface area (Å²) in [5.41, 5.74) is 1.62. The van der Waals surface area contributed by atoms with Gasteiger partial charge in [0.1, 0.15) is 0 Å². The maximum atomic E-state index is 11.2. The van der Waals surface area contributed by atoms with Crippen LogP contribution in [-0.2, 0) is 4.79 Å². The second-order valence-corrected chi connectivity index (χ2v) is 3.00. The molecule has 0 aliphatic heterocycles. The number of nitrogens with one attached hydrogen (secondary N) is 1. The van der Waals surface area contributed by atoms with Crippen molar-refractivity contribution in [3.8, 4) is 0 Å². The van der Waals surface area contributed by atoms with Crippen LogP contribution in [0.2, 0.25) is 0 Å². The molecule has 0 aliphatic carbocycles. The third kappa shape index (κ3) is 4.72. The van der Waals surface area contributed by atoms with Crippen LogP contribution >= 0.6 is 0 Å². The molecule has 12 heavy (non-hydrogen) atoms. The summed E-state index contributed by atoms with van der Waals surface area (Å²) in [6.45, 7) is 10.3. The highest BCUT2D eigenvalue weighted by Crippen LogP contribution is 1.98. The number of amides is 1. The predicted molar refractivity (Wildman–Crippen MR) is 51.9 cm³/mol. The monoisotopic (exact) mass is 167 g/mol. The van der Waals surface area contributed by atoms with Gasteiger partial charge in [0.15, 0.2) is 0 Å². The van der Waals surface area contributed by atoms with Gasteiger partial charge in [0.2, 0.25) is 0 Å². The first kappa shape index (κ1) is 11.0. The van der Waals surface area contributed by atoms with Gasteiger partial charge < -0.3 is 5.32 Å². The number of carbonyl (C=O) groups excluding carboxylic acids is 1. The van der Waals surface area contributed by atoms with Crippen LogP contribution in [0.25, 0.3) is 0 Å². The average Bonchev–Trinajstić information content (AvgIpc) is 1.98. The molecular weight excluding hydrogens is 150 g/mol. The molecule has 2 heteroatoms. The van der Waals surface area contributed by atoms with Crippen molar-refractivity contribution < 1.29 is 4.79 Å². The Morgan fingerprint density at radius 3 is 2.50 bits per heavy atom. The fourth-order valence-electron chi connectivity index (χ4n) is 0.766. The van der Waals surface area contributed by atoms with E-state index in [2.05, 4.69) is 11.9 Å². The molecule has 0 aromatic heterocycles. The molecule has 0 fully saturated rings. The molecule has 0 aliphatic rings. The summed E-state index contributed by atoms with van der Waals surface area (Å²) in [4.78, 5) is 11.2. The highest BCUT2D eigenvalue weighted by atomic mass is 16.1. The van der Waals surface area contributed by atoms with Gasteiger partial charge in [-0.1, -0.05) is 25.2 Å². The van der Waals surface area contributed by atoms with Crippen LogP contribution < -0.4 is 5.32 Å². The van der Waals surface area contributed by atoms with Crippen LogP contribution in [0.1, 0.15) is 27.2 Å². The first-order valence-corrected chi connectivity index (χ1v) is 4.20. The maximum Gasteiger partial charge on any atom is 0.250 e. The highest BCUT2D eigenvalue weighted by molar-refractivity contribution is 5.95. The normalized spacial score (nSPS) is 8.92. The van der Waals surface area contributed by atoms with E-state index in [9.17, 15) is 4.79 Å². The zero-order valence-electron chi connectivity index (χ0n) is 8.11. The van der Waals surface area contributed by atoms with Crippen LogP contribution in [0.15, 0.2) is 23.8 Å². The van der Waals surface area contributed by atoms with E-state index >= 15 is 0 Å². The minimum absolute atomic E-state index is 0.0712. The van der Waals surface area contributed by atoms with Gasteiger partial charge >= 0.3 is 0 Å². The Morgan fingerprint density at radius 2 is 2.08 bits per heavy atom. The fourth-order valence-corrected chi connectivity index (χ4v) is 0.766. The fraction of sp³-hybridized carbons (Fsp3) is 0.500. The van der Waals surface area contributed by atoms with Crippen LogP contribution in [0.4, 0.5) is 0 Å². The van der Waals surface area contributed by atoms with Crippen LogP contribution in [0, 0.1) is 0 Å². The summed E-state index contributed by atoms with van der Waals surface area (Å²) in [5, 5.41) is 2.75. The molecule has 0 saturated carbocycles. The van der Waals surface area contributed by atoms with Crippen molar-refractivity contribution >= 4 is 5.91 Å². The molecule has 0 spiro atoms. The van der Waals surface area contributed by atoms with Crippen LogP contribution in [0.5, 0.6) is 0 Å². The molecule has 0 aromatic rings. The Bertz CT molecular complexity index is 200. The van der Waals surface area contributed by atoms with Gasteiger partial charge in [0, 0.05) is 12.1 Å². The molecule has 2 nitrogen and oxygen atoms in total. The first-order chi connectivity index (χ1) is 5.57. The zero-order valence-corrected chi connectivity index (χ0v) is 8.11. The Kier molecular flexibility index (Phi) is 5.09. The Labute approximate surface area is 74.4 Å². The lowest BCUT2D eigenvalue weighted by Crippen LogP contribution is -2.24. The van der Waals surface area contributed by atoms with Crippen molar-refractivity contribution in [2.75, 3.05) is 6.54 Å². The number of hydrogen-bond donors (Lipinski definition) is 1. The van der Waals surface area contributed by atoms with Crippen molar-refractivity contribution in [3.05, 3.63) is 23.8 Å². The number of allylic oxidation sites excluding steroid dienone is 1. The summed E-state index contributed by atoms with van der Waals surface area (Å²) in [7, 11) is 0. The molecule has 0 saturated heterocycles. The van der Waals surface area contributed by atoms with E-state index < -0.39 is 0 Å². The van der Waals surface area contributed by atoms with Gasteiger partial charge in [-0.3, -0.25) is 4.79 Å². The van der Waals surface area contributed by atoms with E-state index in [0.717, 1.165) is 12.0 Å². The topological polar surface area (TPSA) is 29.1 Å². The maximum absolute atomic E-state index is 11.2. The van der Waals surface area contributed by atoms with E-state index in [1.165, 1.54) is 0 Å². The summed E-state index contributed by atoms with van der Waals surface area (Å²) >= 11 is 0. The minimum atomic E-state index is -0.0712. The third-order valence-electron chi connectivity index (χ3n) is 1.29. The molecular formula is C10H17NO. The molecule has 1 N–H and O–H groups in total. The molecule has 0 atom stereocenters. The minimum Gasteiger partial charge on any atom is -0.352 e. The van der Waals surface area contributed by atoms with Crippen molar-refractivity contribution in [1.82, 2.24) is 5.32 Å². The van der Waals surface area contributed by atoms with Gasteiger partial charge in [-0.05, 0) is 20.3 Å². The second kappa shape index (κ2) is 5.58. The molecule has 0 radical (unpaired) electrons. The van der Waals surface area contributed by atoms with Crippen molar-refractivity contribution in [3.63, 3.8) is 0 Å². The van der Waals surface area contributed by atoms with E-state index in [1.807, 2.05) is 20.8 Å². The predicted octanol–water partition coefficient (Wildman–Crippen LogP) is 2.04. The second-order valence-electron chi connectivity index (χ2n) is 3.00. The van der Waals surface area contributed by atoms with Gasteiger partial charge in [0.25, 0.3) is 5.91 Å². The molecule has 0 bridgehead atoms. The average molecular weight is 167 g/mol. The molecule has 68 valence electrons. The lowest BCUT2D eigenvalue weighted by atomic mass is 10.2. The molecule has 0 aromatic carbocycles. The lowest BCUT2D eigenvalue weighted by molar-refractivity contribution is -0.117. The van der Waals surface area contributed by atoms with Gasteiger partial charge in [-0.25, -0.2) is 0 Å². The molecule has 0 rings (SSSR count). The van der Waals surface area contributed by atoms with E-state index in [4.69, 9.17) is 0 Å². The van der Waals surface area contributed by atoms with Crippen LogP contribution in [-0.4, -0.2) is 12.5 Å². The van der Waals surface area contributed by atoms with Gasteiger partial charge in [-0.15, -0.1) is 0 Å². The quantitative estimate of drug-likeness (QED) is 0.504. The number of rotatable bonds is 4. The van der Waals surface area contributed by atoms with E-state index in [1.54, 1.807) is 6.08 Å². The third-order valence-corrected chi connectivity index (χ3v) is 1.29. The van der Waals surface area contributed by atoms with Crippen molar-refractivity contribution in [2.45, 2.75) is 27.2 Å². The highest BCUT2D eigenvalue weighted by Gasteiger charge is 2.01. The number of carbonyl (C=O) groups is 1. The Hall–Kier alpha value is -1.05. The summed E-state index contributed by atoms with van der Waals surface area (Å²) in [6, 6.07) is 0. The SMILES string of the molecule is C=C(C=C(C)C)C(=O)NCCC. The largest absolute Gasteiger partial charge is 0.352 e. The molecule has 1 amide bonds.